The van der Waals surface area contributed by atoms with Crippen molar-refractivity contribution in [2.24, 2.45) is 0 Å². The van der Waals surface area contributed by atoms with E-state index in [0.29, 0.717) is 5.01 Å². The van der Waals surface area contributed by atoms with Gasteiger partial charge in [-0.3, -0.25) is 4.79 Å². The van der Waals surface area contributed by atoms with Gasteiger partial charge in [0.05, 0.1) is 6.07 Å². The Bertz CT molecular complexity index is 760. The highest BCUT2D eigenvalue weighted by atomic mass is 32.1. The van der Waals surface area contributed by atoms with Crippen molar-refractivity contribution in [3.63, 3.8) is 0 Å². The third-order valence-electron chi connectivity index (χ3n) is 2.90. The van der Waals surface area contributed by atoms with Crippen molar-refractivity contribution in [1.82, 2.24) is 4.98 Å². The van der Waals surface area contributed by atoms with Gasteiger partial charge in [-0.2, -0.15) is 5.26 Å². The van der Waals surface area contributed by atoms with Crippen LogP contribution in [0.4, 0.5) is 0 Å². The van der Waals surface area contributed by atoms with Gasteiger partial charge in [-0.1, -0.05) is 30.3 Å². The first kappa shape index (κ1) is 16.6. The number of rotatable bonds is 6. The van der Waals surface area contributed by atoms with Crippen molar-refractivity contribution < 1.29 is 14.3 Å². The largest absolute Gasteiger partial charge is 0.454 e. The van der Waals surface area contributed by atoms with E-state index in [1.54, 1.807) is 18.4 Å². The highest BCUT2D eigenvalue weighted by Gasteiger charge is 2.24. The topological polar surface area (TPSA) is 80.0 Å². The number of benzene rings is 1. The summed E-state index contributed by atoms with van der Waals surface area (Å²) in [4.78, 5) is 27.7. The van der Waals surface area contributed by atoms with Gasteiger partial charge in [0, 0.05) is 17.2 Å². The number of esters is 1. The third kappa shape index (κ3) is 4.87. The lowest BCUT2D eigenvalue weighted by Crippen LogP contribution is -2.19. The molecule has 0 aliphatic carbocycles. The summed E-state index contributed by atoms with van der Waals surface area (Å²) < 4.78 is 4.89. The van der Waals surface area contributed by atoms with Crippen molar-refractivity contribution in [2.45, 2.75) is 12.8 Å². The van der Waals surface area contributed by atoms with Gasteiger partial charge in [0.2, 0.25) is 0 Å². The molecule has 0 N–H and O–H groups in total. The fourth-order valence-corrected chi connectivity index (χ4v) is 2.63. The molecule has 0 spiro atoms. The Morgan fingerprint density at radius 1 is 1.39 bits per heavy atom. The number of aromatic nitrogens is 1. The van der Waals surface area contributed by atoms with Gasteiger partial charge in [-0.05, 0) is 18.6 Å². The lowest BCUT2D eigenvalue weighted by molar-refractivity contribution is -0.143. The van der Waals surface area contributed by atoms with E-state index >= 15 is 0 Å². The number of aryl methyl sites for hydroxylation is 1. The molecule has 0 aliphatic rings. The Labute approximate surface area is 137 Å². The number of carbonyl (C=O) groups excluding carboxylic acids is 2. The zero-order chi connectivity index (χ0) is 16.7. The maximum atomic E-state index is 12.0. The molecule has 1 heterocycles. The predicted octanol–water partition coefficient (Wildman–Crippen LogP) is 2.88. The van der Waals surface area contributed by atoms with Crippen LogP contribution in [-0.2, 0) is 14.3 Å². The summed E-state index contributed by atoms with van der Waals surface area (Å²) >= 11 is 1.24. The summed E-state index contributed by atoms with van der Waals surface area (Å²) in [5, 5.41) is 11.3. The Morgan fingerprint density at radius 2 is 2.13 bits per heavy atom. The molecule has 0 amide bonds. The van der Waals surface area contributed by atoms with Crippen LogP contribution in [0.25, 0.3) is 6.08 Å². The van der Waals surface area contributed by atoms with E-state index in [-0.39, 0.29) is 0 Å². The Hall–Kier alpha value is -2.78. The number of Topliss-reactive ketones (excluding diaryl/α,β-unsaturated/α-hetero) is 1. The normalized spacial score (nSPS) is 11.8. The van der Waals surface area contributed by atoms with Crippen LogP contribution in [0.2, 0.25) is 0 Å². The summed E-state index contributed by atoms with van der Waals surface area (Å²) in [7, 11) is 0. The van der Waals surface area contributed by atoms with E-state index < -0.39 is 24.3 Å². The van der Waals surface area contributed by atoms with Crippen molar-refractivity contribution in [3.8, 4) is 6.07 Å². The number of hydrogen-bond donors (Lipinski definition) is 0. The minimum absolute atomic E-state index is 0.422. The molecule has 1 aromatic heterocycles. The maximum absolute atomic E-state index is 12.0. The van der Waals surface area contributed by atoms with Gasteiger partial charge in [0.1, 0.15) is 5.01 Å². The highest BCUT2D eigenvalue weighted by molar-refractivity contribution is 7.09. The molecule has 6 heteroatoms. The molecule has 0 saturated heterocycles. The molecule has 0 saturated carbocycles. The van der Waals surface area contributed by atoms with Gasteiger partial charge in [0.15, 0.2) is 18.3 Å². The Balaban J connectivity index is 1.89. The third-order valence-corrected chi connectivity index (χ3v) is 3.93. The molecule has 23 heavy (non-hydrogen) atoms. The molecule has 0 aliphatic heterocycles. The first-order valence-corrected chi connectivity index (χ1v) is 7.72. The van der Waals surface area contributed by atoms with Crippen LogP contribution < -0.4 is 0 Å². The molecule has 2 rings (SSSR count). The van der Waals surface area contributed by atoms with E-state index in [0.717, 1.165) is 11.3 Å². The van der Waals surface area contributed by atoms with Gasteiger partial charge >= 0.3 is 5.97 Å². The maximum Gasteiger partial charge on any atom is 0.331 e. The van der Waals surface area contributed by atoms with Crippen LogP contribution in [-0.4, -0.2) is 23.3 Å². The summed E-state index contributed by atoms with van der Waals surface area (Å²) in [5.74, 6) is -2.11. The van der Waals surface area contributed by atoms with Crippen molar-refractivity contribution in [2.75, 3.05) is 6.61 Å². The molecule has 1 atom stereocenters. The Kier molecular flexibility index (Phi) is 5.78. The molecule has 0 bridgehead atoms. The van der Waals surface area contributed by atoms with Gasteiger partial charge < -0.3 is 4.74 Å². The summed E-state index contributed by atoms with van der Waals surface area (Å²) in [6, 6.07) is 11.1. The van der Waals surface area contributed by atoms with E-state index in [4.69, 9.17) is 10.00 Å². The van der Waals surface area contributed by atoms with Crippen LogP contribution in [0.1, 0.15) is 22.2 Å². The SMILES string of the molecule is Cc1csc([C@@H](C#N)C(=O)COC(=O)/C=C/c2ccccc2)n1. The highest BCUT2D eigenvalue weighted by Crippen LogP contribution is 2.20. The average molecular weight is 326 g/mol. The van der Waals surface area contributed by atoms with Crippen LogP contribution >= 0.6 is 11.3 Å². The summed E-state index contributed by atoms with van der Waals surface area (Å²) in [5.41, 5.74) is 1.60. The number of ether oxygens (including phenoxy) is 1. The first-order chi connectivity index (χ1) is 11.1. The second-order valence-corrected chi connectivity index (χ2v) is 5.60. The number of carbonyl (C=O) groups is 2. The van der Waals surface area contributed by atoms with Gasteiger partial charge in [-0.15, -0.1) is 11.3 Å². The first-order valence-electron chi connectivity index (χ1n) is 6.84. The molecule has 0 radical (unpaired) electrons. The minimum atomic E-state index is -1.00. The second-order valence-electron chi connectivity index (χ2n) is 4.71. The zero-order valence-electron chi connectivity index (χ0n) is 12.4. The lowest BCUT2D eigenvalue weighted by Gasteiger charge is -2.05. The monoisotopic (exact) mass is 326 g/mol. The molecule has 0 unspecified atom stereocenters. The standard InChI is InChI=1S/C17H14N2O3S/c1-12-11-23-17(19-12)14(9-18)15(20)10-22-16(21)8-7-13-5-3-2-4-6-13/h2-8,11,14H,10H2,1H3/b8-7+/t14-/m0/s1. The van der Waals surface area contributed by atoms with Crippen molar-refractivity contribution >= 4 is 29.2 Å². The van der Waals surface area contributed by atoms with Gasteiger partial charge in [0.25, 0.3) is 0 Å². The molecule has 5 nitrogen and oxygen atoms in total. The zero-order valence-corrected chi connectivity index (χ0v) is 13.2. The molecule has 0 fully saturated rings. The number of nitrogens with zero attached hydrogens (tertiary/aromatic N) is 2. The van der Waals surface area contributed by atoms with E-state index in [1.807, 2.05) is 36.4 Å². The van der Waals surface area contributed by atoms with E-state index in [2.05, 4.69) is 4.98 Å². The molecular formula is C17H14N2O3S. The molecular weight excluding hydrogens is 312 g/mol. The van der Waals surface area contributed by atoms with Crippen molar-refractivity contribution in [3.05, 3.63) is 58.1 Å². The number of ketones is 1. The smallest absolute Gasteiger partial charge is 0.331 e. The second kappa shape index (κ2) is 8.01. The van der Waals surface area contributed by atoms with Crippen LogP contribution in [0.5, 0.6) is 0 Å². The van der Waals surface area contributed by atoms with Crippen LogP contribution in [0.15, 0.2) is 41.8 Å². The molecule has 2 aromatic rings. The van der Waals surface area contributed by atoms with Crippen molar-refractivity contribution in [1.29, 1.82) is 5.26 Å². The summed E-state index contributed by atoms with van der Waals surface area (Å²) in [6.45, 7) is 1.34. The van der Waals surface area contributed by atoms with E-state index in [9.17, 15) is 9.59 Å². The Morgan fingerprint density at radius 3 is 2.74 bits per heavy atom. The van der Waals surface area contributed by atoms with Crippen LogP contribution in [0.3, 0.4) is 0 Å². The fourth-order valence-electron chi connectivity index (χ4n) is 1.77. The van der Waals surface area contributed by atoms with Gasteiger partial charge in [-0.25, -0.2) is 9.78 Å². The van der Waals surface area contributed by atoms with Crippen LogP contribution in [0, 0.1) is 18.3 Å². The molecule has 116 valence electrons. The quantitative estimate of drug-likeness (QED) is 0.602. The number of thiazole rings is 1. The average Bonchev–Trinajstić information content (AvgIpc) is 2.98. The lowest BCUT2D eigenvalue weighted by atomic mass is 10.1. The summed E-state index contributed by atoms with van der Waals surface area (Å²) in [6.07, 6.45) is 2.84. The predicted molar refractivity (Wildman–Crippen MR) is 86.6 cm³/mol. The number of nitriles is 1. The fraction of sp³-hybridized carbons (Fsp3) is 0.176. The molecule has 1 aromatic carbocycles. The number of hydrogen-bond acceptors (Lipinski definition) is 6. The minimum Gasteiger partial charge on any atom is -0.454 e. The van der Waals surface area contributed by atoms with E-state index in [1.165, 1.54) is 17.4 Å².